The number of benzene rings is 1. The molecular weight excluding hydrogens is 439 g/mol. The smallest absolute Gasteiger partial charge is 0.240 e. The van der Waals surface area contributed by atoms with Crippen molar-refractivity contribution in [3.63, 3.8) is 0 Å². The molecule has 2 amide bonds. The van der Waals surface area contributed by atoms with Gasteiger partial charge in [-0.25, -0.2) is 0 Å². The van der Waals surface area contributed by atoms with Gasteiger partial charge >= 0.3 is 0 Å². The molecule has 1 unspecified atom stereocenters. The Morgan fingerprint density at radius 3 is 2.67 bits per heavy atom. The van der Waals surface area contributed by atoms with E-state index in [0.717, 1.165) is 15.0 Å². The van der Waals surface area contributed by atoms with E-state index >= 15 is 0 Å². The normalized spacial score (nSPS) is 19.7. The number of carbonyl (C=O) groups is 2. The van der Waals surface area contributed by atoms with Crippen LogP contribution < -0.4 is 10.6 Å². The van der Waals surface area contributed by atoms with E-state index in [-0.39, 0.29) is 18.2 Å². The molecule has 8 heteroatoms. The molecule has 1 aromatic rings. The summed E-state index contributed by atoms with van der Waals surface area (Å²) in [6.45, 7) is 5.94. The van der Waals surface area contributed by atoms with Crippen LogP contribution in [-0.4, -0.2) is 27.9 Å². The second-order valence-electron chi connectivity index (χ2n) is 5.66. The summed E-state index contributed by atoms with van der Waals surface area (Å²) in [4.78, 5) is 24.0. The van der Waals surface area contributed by atoms with E-state index in [1.807, 2.05) is 45.0 Å². The van der Waals surface area contributed by atoms with Crippen molar-refractivity contribution in [2.45, 2.75) is 32.4 Å². The maximum Gasteiger partial charge on any atom is 0.240 e. The molecule has 0 spiro atoms. The van der Waals surface area contributed by atoms with Crippen LogP contribution in [0.3, 0.4) is 0 Å². The minimum Gasteiger partial charge on any atom is -0.326 e. The summed E-state index contributed by atoms with van der Waals surface area (Å²) in [5.74, 6) is -0.118. The minimum atomic E-state index is -0.484. The molecule has 0 radical (unpaired) electrons. The molecular formula is C16H19IN4O2S. The van der Waals surface area contributed by atoms with Gasteiger partial charge in [0.05, 0.1) is 0 Å². The Bertz CT molecular complexity index is 686. The molecule has 0 bridgehead atoms. The van der Waals surface area contributed by atoms with Gasteiger partial charge in [-0.3, -0.25) is 9.59 Å². The fourth-order valence-electron chi connectivity index (χ4n) is 1.74. The molecule has 2 N–H and O–H groups in total. The molecule has 1 saturated heterocycles. The third kappa shape index (κ3) is 5.59. The molecule has 1 atom stereocenters. The number of anilines is 1. The first-order valence-electron chi connectivity index (χ1n) is 7.50. The zero-order chi connectivity index (χ0) is 17.7. The fourth-order valence-corrected chi connectivity index (χ4v) is 3.02. The number of nitrogens with zero attached hydrogens (tertiary/aromatic N) is 2. The van der Waals surface area contributed by atoms with Gasteiger partial charge < -0.3 is 10.6 Å². The van der Waals surface area contributed by atoms with Crippen LogP contribution in [0.5, 0.6) is 0 Å². The van der Waals surface area contributed by atoms with E-state index in [2.05, 4.69) is 43.4 Å². The van der Waals surface area contributed by atoms with Crippen LogP contribution in [0.1, 0.15) is 27.2 Å². The summed E-state index contributed by atoms with van der Waals surface area (Å²) in [5, 5.41) is 13.6. The van der Waals surface area contributed by atoms with Gasteiger partial charge in [0.25, 0.3) is 0 Å². The van der Waals surface area contributed by atoms with Crippen molar-refractivity contribution in [3.05, 3.63) is 27.8 Å². The summed E-state index contributed by atoms with van der Waals surface area (Å²) in [7, 11) is 0. The number of carbonyl (C=O) groups excluding carboxylic acids is 2. The molecule has 1 aliphatic heterocycles. The lowest BCUT2D eigenvalue weighted by molar-refractivity contribution is -0.122. The van der Waals surface area contributed by atoms with Crippen LogP contribution in [0.15, 0.2) is 34.5 Å². The zero-order valence-electron chi connectivity index (χ0n) is 13.7. The number of hydrogen-bond acceptors (Lipinski definition) is 5. The van der Waals surface area contributed by atoms with Gasteiger partial charge in [-0.1, -0.05) is 25.6 Å². The Balaban J connectivity index is 1.92. The highest BCUT2D eigenvalue weighted by Gasteiger charge is 2.32. The first-order chi connectivity index (χ1) is 11.3. The Morgan fingerprint density at radius 1 is 1.38 bits per heavy atom. The van der Waals surface area contributed by atoms with Crippen molar-refractivity contribution < 1.29 is 9.59 Å². The van der Waals surface area contributed by atoms with Gasteiger partial charge in [0, 0.05) is 21.4 Å². The third-order valence-electron chi connectivity index (χ3n) is 3.41. The Morgan fingerprint density at radius 2 is 2.04 bits per heavy atom. The highest BCUT2D eigenvalue weighted by atomic mass is 127. The maximum absolute atomic E-state index is 12.1. The molecule has 1 aliphatic rings. The van der Waals surface area contributed by atoms with Crippen LogP contribution in [0.4, 0.5) is 5.69 Å². The van der Waals surface area contributed by atoms with Crippen molar-refractivity contribution in [2.75, 3.05) is 5.32 Å². The van der Waals surface area contributed by atoms with Crippen molar-refractivity contribution in [2.24, 2.45) is 16.1 Å². The molecule has 0 saturated carbocycles. The lowest BCUT2D eigenvalue weighted by atomic mass is 10.1. The van der Waals surface area contributed by atoms with Gasteiger partial charge in [0.2, 0.25) is 11.8 Å². The number of thioether (sulfide) groups is 1. The Kier molecular flexibility index (Phi) is 6.79. The van der Waals surface area contributed by atoms with Crippen molar-refractivity contribution >= 4 is 62.7 Å². The molecule has 1 aromatic carbocycles. The maximum atomic E-state index is 12.1. The molecule has 24 heavy (non-hydrogen) atoms. The number of amides is 2. The molecule has 0 aromatic heterocycles. The minimum absolute atomic E-state index is 0.0917. The Hall–Kier alpha value is -1.42. The molecule has 6 nitrogen and oxygen atoms in total. The van der Waals surface area contributed by atoms with Crippen LogP contribution >= 0.6 is 34.4 Å². The Labute approximate surface area is 159 Å². The van der Waals surface area contributed by atoms with E-state index in [1.165, 1.54) is 11.8 Å². The highest BCUT2D eigenvalue weighted by Crippen LogP contribution is 2.23. The third-order valence-corrected chi connectivity index (χ3v) is 5.20. The van der Waals surface area contributed by atoms with E-state index in [0.29, 0.717) is 11.1 Å². The number of halogens is 1. The van der Waals surface area contributed by atoms with Gasteiger partial charge in [0.1, 0.15) is 5.25 Å². The number of nitrogens with one attached hydrogen (secondary N) is 2. The quantitative estimate of drug-likeness (QED) is 0.404. The monoisotopic (exact) mass is 458 g/mol. The lowest BCUT2D eigenvalue weighted by Gasteiger charge is -2.07. The summed E-state index contributed by atoms with van der Waals surface area (Å²) < 4.78 is 1.09. The first-order valence-corrected chi connectivity index (χ1v) is 9.46. The molecule has 0 aliphatic carbocycles. The van der Waals surface area contributed by atoms with Gasteiger partial charge in [-0.15, -0.1) is 5.10 Å². The SMILES string of the molecule is CC(=N/N=C1/NC(=O)C(CC(=O)Nc2ccc(I)cc2)S1)C(C)C. The standard InChI is InChI=1S/C16H19IN4O2S/c1-9(2)10(3)20-21-16-19-15(23)13(24-16)8-14(22)18-12-6-4-11(17)5-7-12/h4-7,9,13H,8H2,1-3H3,(H,18,22)(H,19,21,23). The topological polar surface area (TPSA) is 82.9 Å². The lowest BCUT2D eigenvalue weighted by Crippen LogP contribution is -2.28. The van der Waals surface area contributed by atoms with Crippen molar-refractivity contribution in [1.82, 2.24) is 5.32 Å². The van der Waals surface area contributed by atoms with Crippen LogP contribution in [0, 0.1) is 9.49 Å². The molecule has 1 heterocycles. The van der Waals surface area contributed by atoms with Gasteiger partial charge in [-0.2, -0.15) is 5.10 Å². The van der Waals surface area contributed by atoms with Crippen molar-refractivity contribution in [1.29, 1.82) is 0 Å². The second-order valence-corrected chi connectivity index (χ2v) is 8.09. The van der Waals surface area contributed by atoms with Crippen LogP contribution in [0.2, 0.25) is 0 Å². The summed E-state index contributed by atoms with van der Waals surface area (Å²) in [6.07, 6.45) is 0.0917. The number of rotatable bonds is 5. The van der Waals surface area contributed by atoms with Crippen LogP contribution in [-0.2, 0) is 9.59 Å². The largest absolute Gasteiger partial charge is 0.326 e. The number of hydrogen-bond donors (Lipinski definition) is 2. The average molecular weight is 458 g/mol. The van der Waals surface area contributed by atoms with Gasteiger partial charge in [-0.05, 0) is 59.7 Å². The highest BCUT2D eigenvalue weighted by molar-refractivity contribution is 14.1. The van der Waals surface area contributed by atoms with E-state index in [1.54, 1.807) is 0 Å². The van der Waals surface area contributed by atoms with E-state index in [4.69, 9.17) is 0 Å². The zero-order valence-corrected chi connectivity index (χ0v) is 16.6. The summed E-state index contributed by atoms with van der Waals surface area (Å²) >= 11 is 3.43. The fraction of sp³-hybridized carbons (Fsp3) is 0.375. The summed E-state index contributed by atoms with van der Waals surface area (Å²) in [6, 6.07) is 7.48. The summed E-state index contributed by atoms with van der Waals surface area (Å²) in [5.41, 5.74) is 1.60. The van der Waals surface area contributed by atoms with E-state index in [9.17, 15) is 9.59 Å². The molecule has 2 rings (SSSR count). The average Bonchev–Trinajstić information content (AvgIpc) is 2.87. The van der Waals surface area contributed by atoms with Gasteiger partial charge in [0.15, 0.2) is 5.17 Å². The van der Waals surface area contributed by atoms with Crippen molar-refractivity contribution in [3.8, 4) is 0 Å². The van der Waals surface area contributed by atoms with Crippen LogP contribution in [0.25, 0.3) is 0 Å². The predicted octanol–water partition coefficient (Wildman–Crippen LogP) is 3.24. The molecule has 1 fully saturated rings. The van der Waals surface area contributed by atoms with E-state index < -0.39 is 5.25 Å². The second kappa shape index (κ2) is 8.61. The first kappa shape index (κ1) is 18.9. The predicted molar refractivity (Wildman–Crippen MR) is 107 cm³/mol. The number of amidine groups is 1. The molecule has 128 valence electrons.